The topological polar surface area (TPSA) is 95.4 Å². The van der Waals surface area contributed by atoms with Gasteiger partial charge in [-0.3, -0.25) is 4.90 Å². The summed E-state index contributed by atoms with van der Waals surface area (Å²) in [6.07, 6.45) is 8.74. The molecule has 0 unspecified atom stereocenters. The molecule has 2 aromatic rings. The molecule has 0 bridgehead atoms. The molecule has 0 aliphatic carbocycles. The maximum atomic E-state index is 12.3. The Labute approximate surface area is 158 Å². The monoisotopic (exact) mass is 368 g/mol. The van der Waals surface area contributed by atoms with Crippen LogP contribution in [0.25, 0.3) is 17.2 Å². The van der Waals surface area contributed by atoms with E-state index in [1.165, 1.54) is 6.08 Å². The van der Waals surface area contributed by atoms with E-state index in [1.807, 2.05) is 24.3 Å². The maximum Gasteiger partial charge on any atom is 0.328 e. The van der Waals surface area contributed by atoms with Gasteiger partial charge in [-0.1, -0.05) is 31.9 Å². The molecule has 7 nitrogen and oxygen atoms in total. The molecule has 1 heterocycles. The molecule has 142 valence electrons. The third-order valence-corrected chi connectivity index (χ3v) is 3.97. The van der Waals surface area contributed by atoms with Gasteiger partial charge in [0.2, 0.25) is 0 Å². The fourth-order valence-corrected chi connectivity index (χ4v) is 2.42. The molecule has 2 N–H and O–H groups in total. The van der Waals surface area contributed by atoms with Crippen molar-refractivity contribution in [2.45, 2.75) is 26.2 Å². The quantitative estimate of drug-likeness (QED) is 0.548. The first-order chi connectivity index (χ1) is 13.0. The number of carbonyl (C=O) groups is 2. The van der Waals surface area contributed by atoms with Crippen LogP contribution in [0.15, 0.2) is 42.7 Å². The van der Waals surface area contributed by atoms with Gasteiger partial charge in [0.05, 0.1) is 0 Å². The first-order valence-corrected chi connectivity index (χ1v) is 8.86. The molecule has 0 aliphatic heterocycles. The van der Waals surface area contributed by atoms with E-state index < -0.39 is 5.97 Å². The number of amides is 2. The van der Waals surface area contributed by atoms with E-state index in [9.17, 15) is 9.59 Å². The van der Waals surface area contributed by atoms with E-state index >= 15 is 0 Å². The molecule has 0 fully saturated rings. The Morgan fingerprint density at radius 1 is 1.19 bits per heavy atom. The van der Waals surface area contributed by atoms with Crippen molar-refractivity contribution in [2.75, 3.05) is 18.5 Å². The van der Waals surface area contributed by atoms with Gasteiger partial charge < -0.3 is 10.4 Å². The number of carboxylic acids is 1. The van der Waals surface area contributed by atoms with Gasteiger partial charge in [0.1, 0.15) is 0 Å². The Kier molecular flexibility index (Phi) is 7.49. The predicted molar refractivity (Wildman–Crippen MR) is 105 cm³/mol. The summed E-state index contributed by atoms with van der Waals surface area (Å²) in [6, 6.07) is 7.37. The van der Waals surface area contributed by atoms with E-state index in [0.29, 0.717) is 12.4 Å². The summed E-state index contributed by atoms with van der Waals surface area (Å²) in [7, 11) is 1.73. The third-order valence-electron chi connectivity index (χ3n) is 3.97. The molecule has 0 atom stereocenters. The Morgan fingerprint density at radius 3 is 2.59 bits per heavy atom. The van der Waals surface area contributed by atoms with Crippen LogP contribution in [0.4, 0.5) is 10.5 Å². The van der Waals surface area contributed by atoms with Crippen LogP contribution in [-0.4, -0.2) is 40.7 Å². The number of hydrogen-bond donors (Lipinski definition) is 2. The summed E-state index contributed by atoms with van der Waals surface area (Å²) in [4.78, 5) is 32.6. The zero-order valence-electron chi connectivity index (χ0n) is 15.6. The van der Waals surface area contributed by atoms with Crippen molar-refractivity contribution in [3.05, 3.63) is 48.6 Å². The lowest BCUT2D eigenvalue weighted by Crippen LogP contribution is -2.37. The van der Waals surface area contributed by atoms with Crippen molar-refractivity contribution in [1.82, 2.24) is 15.3 Å². The Balaban J connectivity index is 2.08. The normalized spacial score (nSPS) is 10.7. The predicted octanol–water partition coefficient (Wildman–Crippen LogP) is 3.58. The molecule has 0 saturated heterocycles. The molecule has 2 rings (SSSR count). The number of nitrogens with one attached hydrogen (secondary N) is 1. The highest BCUT2D eigenvalue weighted by molar-refractivity contribution is 5.92. The molecule has 0 radical (unpaired) electrons. The second-order valence-electron chi connectivity index (χ2n) is 6.05. The molecule has 7 heteroatoms. The van der Waals surface area contributed by atoms with Gasteiger partial charge in [-0.05, 0) is 30.2 Å². The highest BCUT2D eigenvalue weighted by atomic mass is 16.4. The third kappa shape index (κ3) is 6.22. The van der Waals surface area contributed by atoms with Crippen LogP contribution < -0.4 is 10.2 Å². The summed E-state index contributed by atoms with van der Waals surface area (Å²) in [5.74, 6) is -0.729. The zero-order chi connectivity index (χ0) is 19.6. The molecule has 1 aromatic heterocycles. The van der Waals surface area contributed by atoms with Gasteiger partial charge in [-0.15, -0.1) is 0 Å². The highest BCUT2D eigenvalue weighted by Crippen LogP contribution is 2.23. The fourth-order valence-electron chi connectivity index (χ4n) is 2.42. The molecule has 0 spiro atoms. The molecule has 0 aliphatic rings. The van der Waals surface area contributed by atoms with Gasteiger partial charge in [-0.2, -0.15) is 0 Å². The van der Waals surface area contributed by atoms with Crippen LogP contribution in [-0.2, 0) is 4.79 Å². The molecule has 27 heavy (non-hydrogen) atoms. The van der Waals surface area contributed by atoms with Crippen molar-refractivity contribution < 1.29 is 14.7 Å². The molecule has 2 amide bonds. The van der Waals surface area contributed by atoms with E-state index in [1.54, 1.807) is 24.3 Å². The SMILES string of the molecule is CCCCCNC(=O)N(C)c1cccc(-c2cnc(C=CC(=O)O)nc2)c1. The Hall–Kier alpha value is -3.22. The molecule has 1 aromatic carbocycles. The van der Waals surface area contributed by atoms with Crippen LogP contribution in [0, 0.1) is 0 Å². The first kappa shape index (κ1) is 20.1. The lowest BCUT2D eigenvalue weighted by atomic mass is 10.1. The van der Waals surface area contributed by atoms with Crippen LogP contribution in [0.1, 0.15) is 32.0 Å². The van der Waals surface area contributed by atoms with Crippen molar-refractivity contribution in [2.24, 2.45) is 0 Å². The fraction of sp³-hybridized carbons (Fsp3) is 0.300. The van der Waals surface area contributed by atoms with Gasteiger partial charge in [0, 0.05) is 43.3 Å². The number of aliphatic carboxylic acids is 1. The van der Waals surface area contributed by atoms with E-state index in [-0.39, 0.29) is 6.03 Å². The molecule has 0 saturated carbocycles. The first-order valence-electron chi connectivity index (χ1n) is 8.86. The minimum atomic E-state index is -1.05. The average Bonchev–Trinajstić information content (AvgIpc) is 2.69. The largest absolute Gasteiger partial charge is 0.478 e. The average molecular weight is 368 g/mol. The summed E-state index contributed by atoms with van der Waals surface area (Å²) in [5.41, 5.74) is 2.41. The van der Waals surface area contributed by atoms with Gasteiger partial charge >= 0.3 is 12.0 Å². The van der Waals surface area contributed by atoms with Crippen molar-refractivity contribution in [3.63, 3.8) is 0 Å². The number of aromatic nitrogens is 2. The smallest absolute Gasteiger partial charge is 0.328 e. The number of nitrogens with zero attached hydrogens (tertiary/aromatic N) is 3. The number of urea groups is 1. The molecular weight excluding hydrogens is 344 g/mol. The number of rotatable bonds is 8. The van der Waals surface area contributed by atoms with Crippen LogP contribution in [0.5, 0.6) is 0 Å². The van der Waals surface area contributed by atoms with Crippen molar-refractivity contribution >= 4 is 23.8 Å². The summed E-state index contributed by atoms with van der Waals surface area (Å²) < 4.78 is 0. The maximum absolute atomic E-state index is 12.3. The number of benzene rings is 1. The van der Waals surface area contributed by atoms with Crippen LogP contribution in [0.3, 0.4) is 0 Å². The number of anilines is 1. The van der Waals surface area contributed by atoms with Crippen molar-refractivity contribution in [1.29, 1.82) is 0 Å². The summed E-state index contributed by atoms with van der Waals surface area (Å²) in [6.45, 7) is 2.79. The Bertz CT molecular complexity index is 803. The minimum Gasteiger partial charge on any atom is -0.478 e. The number of carbonyl (C=O) groups excluding carboxylic acids is 1. The second kappa shape index (κ2) is 10.1. The van der Waals surface area contributed by atoms with Gasteiger partial charge in [0.15, 0.2) is 5.82 Å². The van der Waals surface area contributed by atoms with Gasteiger partial charge in [-0.25, -0.2) is 19.6 Å². The number of unbranched alkanes of at least 4 members (excludes halogenated alkanes) is 2. The highest BCUT2D eigenvalue weighted by Gasteiger charge is 2.11. The van der Waals surface area contributed by atoms with E-state index in [2.05, 4.69) is 22.2 Å². The molecular formula is C20H24N4O3. The van der Waals surface area contributed by atoms with Crippen LogP contribution in [0.2, 0.25) is 0 Å². The van der Waals surface area contributed by atoms with E-state index in [4.69, 9.17) is 5.11 Å². The zero-order valence-corrected chi connectivity index (χ0v) is 15.6. The Morgan fingerprint density at radius 2 is 1.93 bits per heavy atom. The number of hydrogen-bond acceptors (Lipinski definition) is 4. The van der Waals surface area contributed by atoms with Crippen molar-refractivity contribution in [3.8, 4) is 11.1 Å². The summed E-state index contributed by atoms with van der Waals surface area (Å²) >= 11 is 0. The van der Waals surface area contributed by atoms with Crippen LogP contribution >= 0.6 is 0 Å². The minimum absolute atomic E-state index is 0.145. The second-order valence-corrected chi connectivity index (χ2v) is 6.05. The number of carboxylic acid groups (broad SMARTS) is 1. The van der Waals surface area contributed by atoms with E-state index in [0.717, 1.165) is 42.2 Å². The lowest BCUT2D eigenvalue weighted by molar-refractivity contribution is -0.131. The standard InChI is InChI=1S/C20H24N4O3/c1-3-4-5-11-21-20(27)24(2)17-8-6-7-15(12-17)16-13-22-18(23-14-16)9-10-19(25)26/h6-10,12-14H,3-5,11H2,1-2H3,(H,21,27)(H,25,26). The van der Waals surface area contributed by atoms with Gasteiger partial charge in [0.25, 0.3) is 0 Å². The lowest BCUT2D eigenvalue weighted by Gasteiger charge is -2.19. The summed E-state index contributed by atoms with van der Waals surface area (Å²) in [5, 5.41) is 11.5.